The van der Waals surface area contributed by atoms with Gasteiger partial charge in [-0.05, 0) is 61.9 Å². The number of benzene rings is 1. The molecular formula is C25H37ClN4S. The van der Waals surface area contributed by atoms with Crippen molar-refractivity contribution >= 4 is 39.0 Å². The molecule has 0 amide bonds. The van der Waals surface area contributed by atoms with E-state index in [0.29, 0.717) is 11.2 Å². The van der Waals surface area contributed by atoms with Crippen LogP contribution in [0.3, 0.4) is 0 Å². The Bertz CT molecular complexity index is 922. The quantitative estimate of drug-likeness (QED) is 0.309. The molecule has 4 nitrogen and oxygen atoms in total. The molecule has 0 saturated carbocycles. The number of nitrogens with zero attached hydrogens (tertiary/aromatic N) is 2. The van der Waals surface area contributed by atoms with Gasteiger partial charge in [-0.2, -0.15) is 4.98 Å². The van der Waals surface area contributed by atoms with E-state index in [1.165, 1.54) is 29.5 Å². The van der Waals surface area contributed by atoms with Crippen molar-refractivity contribution < 1.29 is 0 Å². The van der Waals surface area contributed by atoms with E-state index in [-0.39, 0.29) is 0 Å². The summed E-state index contributed by atoms with van der Waals surface area (Å²) in [4.78, 5) is 10.4. The van der Waals surface area contributed by atoms with Crippen molar-refractivity contribution in [2.45, 2.75) is 66.3 Å². The third-order valence-electron chi connectivity index (χ3n) is 4.72. The molecule has 1 aromatic carbocycles. The minimum Gasteiger partial charge on any atom is -0.365 e. The number of thiophene rings is 1. The standard InChI is InChI=1S/C20H20ClN3S.2C2H6.CH5N/c1-13-16-18(25-17(13)15-10-6-3-7-11-15)19(24-20(21)23-16)22-12-14-8-4-2-5-9-14;3*1-2/h2-6,8-9,15H,7,10-12H2,1H3,(H,22,23,24);2*1-2H3;2H2,1H3. The predicted molar refractivity (Wildman–Crippen MR) is 139 cm³/mol. The SMILES string of the molecule is CC.CC.CN.Cc1c(C2CC=CCC2)sc2c(NCc3ccccc3)nc(Cl)nc12. The lowest BCUT2D eigenvalue weighted by Gasteiger charge is -2.16. The topological polar surface area (TPSA) is 63.8 Å². The van der Waals surface area contributed by atoms with Crippen LogP contribution in [0.1, 0.15) is 68.9 Å². The van der Waals surface area contributed by atoms with E-state index in [1.807, 2.05) is 57.2 Å². The summed E-state index contributed by atoms with van der Waals surface area (Å²) in [6, 6.07) is 10.3. The fourth-order valence-electron chi connectivity index (χ4n) is 3.40. The third kappa shape index (κ3) is 7.30. The van der Waals surface area contributed by atoms with Crippen LogP contribution in [0, 0.1) is 6.92 Å². The zero-order valence-electron chi connectivity index (χ0n) is 19.7. The van der Waals surface area contributed by atoms with Gasteiger partial charge in [0.05, 0.1) is 10.2 Å². The first-order valence-electron chi connectivity index (χ1n) is 11.2. The molecule has 0 saturated heterocycles. The molecule has 2 heterocycles. The lowest BCUT2D eigenvalue weighted by atomic mass is 9.91. The summed E-state index contributed by atoms with van der Waals surface area (Å²) in [5.41, 5.74) is 7.97. The minimum atomic E-state index is 0.305. The van der Waals surface area contributed by atoms with E-state index in [0.717, 1.165) is 35.4 Å². The molecule has 0 spiro atoms. The number of rotatable bonds is 4. The minimum absolute atomic E-state index is 0.305. The number of halogens is 1. The van der Waals surface area contributed by atoms with Crippen molar-refractivity contribution in [3.05, 3.63) is 63.8 Å². The number of nitrogens with one attached hydrogen (secondary N) is 1. The first kappa shape index (κ1) is 27.1. The van der Waals surface area contributed by atoms with Crippen LogP contribution in [-0.2, 0) is 6.54 Å². The van der Waals surface area contributed by atoms with Gasteiger partial charge in [-0.25, -0.2) is 4.98 Å². The average Bonchev–Trinajstić information content (AvgIpc) is 3.19. The molecular weight excluding hydrogens is 424 g/mol. The maximum absolute atomic E-state index is 6.20. The fourth-order valence-corrected chi connectivity index (χ4v) is 4.93. The van der Waals surface area contributed by atoms with Crippen molar-refractivity contribution in [3.63, 3.8) is 0 Å². The van der Waals surface area contributed by atoms with Gasteiger partial charge in [0, 0.05) is 11.4 Å². The zero-order chi connectivity index (χ0) is 23.2. The van der Waals surface area contributed by atoms with Gasteiger partial charge in [0.2, 0.25) is 5.28 Å². The average molecular weight is 461 g/mol. The molecule has 0 fully saturated rings. The second-order valence-corrected chi connectivity index (χ2v) is 7.82. The molecule has 2 aromatic heterocycles. The Hall–Kier alpha value is -1.95. The number of nitrogens with two attached hydrogens (primary N) is 1. The predicted octanol–water partition coefficient (Wildman–Crippen LogP) is 7.72. The number of allylic oxidation sites excluding steroid dienone is 2. The van der Waals surface area contributed by atoms with Crippen LogP contribution in [0.15, 0.2) is 42.5 Å². The van der Waals surface area contributed by atoms with Gasteiger partial charge in [-0.3, -0.25) is 0 Å². The highest BCUT2D eigenvalue weighted by Crippen LogP contribution is 2.42. The Labute approximate surface area is 197 Å². The Balaban J connectivity index is 0.000000739. The molecule has 0 bridgehead atoms. The molecule has 1 aliphatic rings. The van der Waals surface area contributed by atoms with Crippen LogP contribution in [0.4, 0.5) is 5.82 Å². The highest BCUT2D eigenvalue weighted by molar-refractivity contribution is 7.20. The maximum atomic E-state index is 6.20. The highest BCUT2D eigenvalue weighted by atomic mass is 35.5. The van der Waals surface area contributed by atoms with Crippen LogP contribution in [-0.4, -0.2) is 17.0 Å². The van der Waals surface area contributed by atoms with Crippen molar-refractivity contribution in [2.24, 2.45) is 5.73 Å². The number of anilines is 1. The number of aryl methyl sites for hydroxylation is 1. The van der Waals surface area contributed by atoms with Crippen molar-refractivity contribution in [2.75, 3.05) is 12.4 Å². The Morgan fingerprint density at radius 2 is 1.74 bits per heavy atom. The summed E-state index contributed by atoms with van der Waals surface area (Å²) in [5, 5.41) is 3.75. The summed E-state index contributed by atoms with van der Waals surface area (Å²) in [5.74, 6) is 1.43. The van der Waals surface area contributed by atoms with Gasteiger partial charge in [-0.15, -0.1) is 11.3 Å². The van der Waals surface area contributed by atoms with E-state index >= 15 is 0 Å². The number of hydrogen-bond donors (Lipinski definition) is 2. The van der Waals surface area contributed by atoms with Gasteiger partial charge in [0.25, 0.3) is 0 Å². The zero-order valence-corrected chi connectivity index (χ0v) is 21.3. The van der Waals surface area contributed by atoms with Crippen molar-refractivity contribution in [3.8, 4) is 0 Å². The fraction of sp³-hybridized carbons (Fsp3) is 0.440. The smallest absolute Gasteiger partial charge is 0.224 e. The van der Waals surface area contributed by atoms with Gasteiger partial charge in [0.1, 0.15) is 5.82 Å². The molecule has 0 radical (unpaired) electrons. The summed E-state index contributed by atoms with van der Waals surface area (Å²) >= 11 is 8.02. The largest absolute Gasteiger partial charge is 0.365 e. The maximum Gasteiger partial charge on any atom is 0.224 e. The lowest BCUT2D eigenvalue weighted by molar-refractivity contribution is 0.624. The molecule has 1 unspecified atom stereocenters. The third-order valence-corrected chi connectivity index (χ3v) is 6.34. The molecule has 6 heteroatoms. The molecule has 170 valence electrons. The van der Waals surface area contributed by atoms with Crippen LogP contribution in [0.25, 0.3) is 10.2 Å². The summed E-state index contributed by atoms with van der Waals surface area (Å²) in [6.45, 7) is 10.9. The number of fused-ring (bicyclic) bond motifs is 1. The van der Waals surface area contributed by atoms with Crippen molar-refractivity contribution in [1.29, 1.82) is 0 Å². The Morgan fingerprint density at radius 1 is 1.06 bits per heavy atom. The Morgan fingerprint density at radius 3 is 2.35 bits per heavy atom. The first-order valence-corrected chi connectivity index (χ1v) is 12.4. The molecule has 3 aromatic rings. The van der Waals surface area contributed by atoms with Crippen LogP contribution in [0.2, 0.25) is 5.28 Å². The molecule has 1 atom stereocenters. The van der Waals surface area contributed by atoms with Gasteiger partial charge in [-0.1, -0.05) is 70.2 Å². The van der Waals surface area contributed by atoms with E-state index in [4.69, 9.17) is 11.6 Å². The van der Waals surface area contributed by atoms with Crippen LogP contribution < -0.4 is 11.1 Å². The molecule has 1 aliphatic carbocycles. The van der Waals surface area contributed by atoms with Gasteiger partial charge >= 0.3 is 0 Å². The molecule has 0 aliphatic heterocycles. The van der Waals surface area contributed by atoms with E-state index in [1.54, 1.807) is 0 Å². The first-order chi connectivity index (χ1) is 15.2. The van der Waals surface area contributed by atoms with Gasteiger partial charge in [0.15, 0.2) is 0 Å². The van der Waals surface area contributed by atoms with E-state index < -0.39 is 0 Å². The van der Waals surface area contributed by atoms with E-state index in [9.17, 15) is 0 Å². The summed E-state index contributed by atoms with van der Waals surface area (Å²) in [7, 11) is 1.50. The Kier molecular flexibility index (Phi) is 13.1. The summed E-state index contributed by atoms with van der Waals surface area (Å²) in [6.07, 6.45) is 8.05. The van der Waals surface area contributed by atoms with Crippen LogP contribution in [0.5, 0.6) is 0 Å². The molecule has 31 heavy (non-hydrogen) atoms. The number of hydrogen-bond acceptors (Lipinski definition) is 5. The lowest BCUT2D eigenvalue weighted by Crippen LogP contribution is -2.02. The van der Waals surface area contributed by atoms with Gasteiger partial charge < -0.3 is 11.1 Å². The number of aromatic nitrogens is 2. The van der Waals surface area contributed by atoms with Crippen molar-refractivity contribution in [1.82, 2.24) is 9.97 Å². The summed E-state index contributed by atoms with van der Waals surface area (Å²) < 4.78 is 1.11. The molecule has 4 rings (SSSR count). The van der Waals surface area contributed by atoms with Crippen LogP contribution >= 0.6 is 22.9 Å². The second kappa shape index (κ2) is 15.0. The normalized spacial score (nSPS) is 14.4. The molecule has 3 N–H and O–H groups in total. The van der Waals surface area contributed by atoms with E-state index in [2.05, 4.69) is 52.2 Å². The highest BCUT2D eigenvalue weighted by Gasteiger charge is 2.22. The second-order valence-electron chi connectivity index (χ2n) is 6.43. The monoisotopic (exact) mass is 460 g/mol.